The van der Waals surface area contributed by atoms with Gasteiger partial charge in [0.25, 0.3) is 0 Å². The zero-order valence-electron chi connectivity index (χ0n) is 13.2. The molecule has 3 N–H and O–H groups in total. The maximum Gasteiger partial charge on any atom is 0.238 e. The SMILES string of the molecule is Cc1ccc(-c2ccc(S(N)(=O)=O)cc2)n1-c1ccc(CO)cc1. The Bertz CT molecular complexity index is 957. The molecule has 3 aromatic rings. The number of hydrogen-bond donors (Lipinski definition) is 2. The molecule has 0 amide bonds. The maximum absolute atomic E-state index is 11.4. The number of nitrogens with two attached hydrogens (primary N) is 1. The standard InChI is InChI=1S/C18H18N2O3S/c1-13-2-11-18(15-5-9-17(10-6-15)24(19,22)23)20(13)16-7-3-14(12-21)4-8-16/h2-11,21H,12H2,1H3,(H2,19,22,23). The van der Waals surface area contributed by atoms with E-state index in [4.69, 9.17) is 5.14 Å². The van der Waals surface area contributed by atoms with E-state index in [0.717, 1.165) is 28.2 Å². The summed E-state index contributed by atoms with van der Waals surface area (Å²) >= 11 is 0. The first-order valence-corrected chi connectivity index (χ1v) is 8.96. The molecule has 0 radical (unpaired) electrons. The first kappa shape index (κ1) is 16.4. The van der Waals surface area contributed by atoms with Crippen LogP contribution in [0.2, 0.25) is 0 Å². The third kappa shape index (κ3) is 3.12. The van der Waals surface area contributed by atoms with Crippen molar-refractivity contribution in [2.45, 2.75) is 18.4 Å². The molecule has 6 heteroatoms. The lowest BCUT2D eigenvalue weighted by Gasteiger charge is -2.13. The Hall–Kier alpha value is -2.41. The second-order valence-corrected chi connectivity index (χ2v) is 7.15. The Morgan fingerprint density at radius 2 is 1.58 bits per heavy atom. The summed E-state index contributed by atoms with van der Waals surface area (Å²) in [5.41, 5.74) is 4.71. The van der Waals surface area contributed by atoms with Crippen LogP contribution in [0.1, 0.15) is 11.3 Å². The van der Waals surface area contributed by atoms with Gasteiger partial charge in [0.05, 0.1) is 17.2 Å². The van der Waals surface area contributed by atoms with E-state index >= 15 is 0 Å². The molecule has 0 saturated carbocycles. The number of aromatic nitrogens is 1. The number of rotatable bonds is 4. The fourth-order valence-corrected chi connectivity index (χ4v) is 3.19. The second-order valence-electron chi connectivity index (χ2n) is 5.59. The Morgan fingerprint density at radius 3 is 2.12 bits per heavy atom. The average molecular weight is 342 g/mol. The fraction of sp³-hybridized carbons (Fsp3) is 0.111. The normalized spacial score (nSPS) is 11.6. The summed E-state index contributed by atoms with van der Waals surface area (Å²) in [6.45, 7) is 2.01. The van der Waals surface area contributed by atoms with Crippen LogP contribution in [-0.2, 0) is 16.6 Å². The van der Waals surface area contributed by atoms with Crippen LogP contribution in [0.4, 0.5) is 0 Å². The summed E-state index contributed by atoms with van der Waals surface area (Å²) in [6.07, 6.45) is 0. The lowest BCUT2D eigenvalue weighted by molar-refractivity contribution is 0.282. The van der Waals surface area contributed by atoms with E-state index in [1.807, 2.05) is 43.3 Å². The number of sulfonamides is 1. The van der Waals surface area contributed by atoms with Crippen LogP contribution in [0.3, 0.4) is 0 Å². The Balaban J connectivity index is 2.06. The highest BCUT2D eigenvalue weighted by Gasteiger charge is 2.12. The topological polar surface area (TPSA) is 85.3 Å². The van der Waals surface area contributed by atoms with E-state index in [0.29, 0.717) is 0 Å². The van der Waals surface area contributed by atoms with Gasteiger partial charge < -0.3 is 9.67 Å². The van der Waals surface area contributed by atoms with Crippen molar-refractivity contribution in [3.63, 3.8) is 0 Å². The van der Waals surface area contributed by atoms with Gasteiger partial charge in [-0.15, -0.1) is 0 Å². The summed E-state index contributed by atoms with van der Waals surface area (Å²) in [5.74, 6) is 0. The number of primary sulfonamides is 1. The smallest absolute Gasteiger partial charge is 0.238 e. The first-order valence-electron chi connectivity index (χ1n) is 7.42. The molecular formula is C18H18N2O3S. The van der Waals surface area contributed by atoms with Crippen molar-refractivity contribution >= 4 is 10.0 Å². The number of aliphatic hydroxyl groups is 1. The molecule has 1 aromatic heterocycles. The molecule has 2 aromatic carbocycles. The van der Waals surface area contributed by atoms with Gasteiger partial charge in [-0.25, -0.2) is 13.6 Å². The molecule has 0 unspecified atom stereocenters. The molecule has 0 saturated heterocycles. The lowest BCUT2D eigenvalue weighted by atomic mass is 10.1. The summed E-state index contributed by atoms with van der Waals surface area (Å²) in [4.78, 5) is 0.0911. The summed E-state index contributed by atoms with van der Waals surface area (Å²) < 4.78 is 24.8. The number of benzene rings is 2. The van der Waals surface area contributed by atoms with Crippen LogP contribution in [0.25, 0.3) is 16.9 Å². The first-order chi connectivity index (χ1) is 11.4. The Labute approximate surface area is 141 Å². The molecule has 0 spiro atoms. The van der Waals surface area contributed by atoms with E-state index in [1.54, 1.807) is 12.1 Å². The van der Waals surface area contributed by atoms with Crippen molar-refractivity contribution in [3.8, 4) is 16.9 Å². The van der Waals surface area contributed by atoms with Crippen LogP contribution >= 0.6 is 0 Å². The number of hydrogen-bond acceptors (Lipinski definition) is 3. The molecule has 0 bridgehead atoms. The molecule has 0 aliphatic heterocycles. The van der Waals surface area contributed by atoms with Gasteiger partial charge in [0.1, 0.15) is 0 Å². The van der Waals surface area contributed by atoms with Gasteiger partial charge in [-0.2, -0.15) is 0 Å². The second kappa shape index (κ2) is 6.24. The van der Waals surface area contributed by atoms with E-state index < -0.39 is 10.0 Å². The van der Waals surface area contributed by atoms with E-state index in [9.17, 15) is 13.5 Å². The van der Waals surface area contributed by atoms with Gasteiger partial charge in [-0.1, -0.05) is 24.3 Å². The highest BCUT2D eigenvalue weighted by molar-refractivity contribution is 7.89. The lowest BCUT2D eigenvalue weighted by Crippen LogP contribution is -2.11. The van der Waals surface area contributed by atoms with Crippen molar-refractivity contribution in [2.75, 3.05) is 0 Å². The molecule has 0 aliphatic rings. The van der Waals surface area contributed by atoms with Crippen LogP contribution in [0.15, 0.2) is 65.6 Å². The molecule has 0 aliphatic carbocycles. The van der Waals surface area contributed by atoms with Gasteiger partial charge in [0.15, 0.2) is 0 Å². The molecule has 5 nitrogen and oxygen atoms in total. The van der Waals surface area contributed by atoms with Crippen LogP contribution < -0.4 is 5.14 Å². The zero-order valence-corrected chi connectivity index (χ0v) is 14.0. The summed E-state index contributed by atoms with van der Waals surface area (Å²) in [6, 6.07) is 18.1. The molecule has 0 fully saturated rings. The molecule has 0 atom stereocenters. The van der Waals surface area contributed by atoms with Crippen LogP contribution in [-0.4, -0.2) is 18.1 Å². The van der Waals surface area contributed by atoms with Crippen molar-refractivity contribution in [1.29, 1.82) is 0 Å². The predicted octanol–water partition coefficient (Wildman–Crippen LogP) is 2.59. The van der Waals surface area contributed by atoms with Crippen LogP contribution in [0, 0.1) is 6.92 Å². The van der Waals surface area contributed by atoms with Crippen molar-refractivity contribution < 1.29 is 13.5 Å². The molecule has 124 valence electrons. The van der Waals surface area contributed by atoms with E-state index in [1.165, 1.54) is 12.1 Å². The van der Waals surface area contributed by atoms with E-state index in [2.05, 4.69) is 4.57 Å². The van der Waals surface area contributed by atoms with E-state index in [-0.39, 0.29) is 11.5 Å². The molecule has 3 rings (SSSR count). The number of aliphatic hydroxyl groups excluding tert-OH is 1. The van der Waals surface area contributed by atoms with Gasteiger partial charge in [-0.3, -0.25) is 0 Å². The predicted molar refractivity (Wildman–Crippen MR) is 93.2 cm³/mol. The van der Waals surface area contributed by atoms with Crippen LogP contribution in [0.5, 0.6) is 0 Å². The maximum atomic E-state index is 11.4. The quantitative estimate of drug-likeness (QED) is 0.764. The average Bonchev–Trinajstić information content (AvgIpc) is 2.96. The largest absolute Gasteiger partial charge is 0.392 e. The highest BCUT2D eigenvalue weighted by atomic mass is 32.2. The third-order valence-electron chi connectivity index (χ3n) is 3.93. The zero-order chi connectivity index (χ0) is 17.3. The molecule has 1 heterocycles. The van der Waals surface area contributed by atoms with Gasteiger partial charge in [0.2, 0.25) is 10.0 Å². The summed E-state index contributed by atoms with van der Waals surface area (Å²) in [7, 11) is -3.70. The molecule has 24 heavy (non-hydrogen) atoms. The van der Waals surface area contributed by atoms with Gasteiger partial charge >= 0.3 is 0 Å². The monoisotopic (exact) mass is 342 g/mol. The molecular weight excluding hydrogens is 324 g/mol. The third-order valence-corrected chi connectivity index (χ3v) is 4.86. The van der Waals surface area contributed by atoms with Gasteiger partial charge in [-0.05, 0) is 54.4 Å². The minimum Gasteiger partial charge on any atom is -0.392 e. The minimum absolute atomic E-state index is 0.00677. The van der Waals surface area contributed by atoms with Crippen molar-refractivity contribution in [3.05, 3.63) is 71.9 Å². The summed E-state index contributed by atoms with van der Waals surface area (Å²) in [5, 5.41) is 14.3. The highest BCUT2D eigenvalue weighted by Crippen LogP contribution is 2.27. The Kier molecular flexibility index (Phi) is 4.28. The fourth-order valence-electron chi connectivity index (χ4n) is 2.67. The number of aryl methyl sites for hydroxylation is 1. The van der Waals surface area contributed by atoms with Crippen molar-refractivity contribution in [2.24, 2.45) is 5.14 Å². The van der Waals surface area contributed by atoms with Crippen molar-refractivity contribution in [1.82, 2.24) is 4.57 Å². The van der Waals surface area contributed by atoms with Gasteiger partial charge in [0, 0.05) is 11.4 Å². The Morgan fingerprint density at radius 1 is 0.958 bits per heavy atom. The minimum atomic E-state index is -3.70. The number of nitrogens with zero attached hydrogens (tertiary/aromatic N) is 1.